The Hall–Kier alpha value is -2.31. The highest BCUT2D eigenvalue weighted by atomic mass is 19.3. The van der Waals surface area contributed by atoms with Gasteiger partial charge in [0.25, 0.3) is 5.56 Å². The van der Waals surface area contributed by atoms with E-state index in [1.165, 1.54) is 0 Å². The van der Waals surface area contributed by atoms with Gasteiger partial charge in [-0.25, -0.2) is 4.98 Å². The monoisotopic (exact) mass is 345 g/mol. The molecular weight excluding hydrogens is 336 g/mol. The summed E-state index contributed by atoms with van der Waals surface area (Å²) in [4.78, 5) is 20.3. The van der Waals surface area contributed by atoms with E-state index in [1.54, 1.807) is 0 Å². The molecule has 0 atom stereocenters. The summed E-state index contributed by atoms with van der Waals surface area (Å²) in [6, 6.07) is 0. The van der Waals surface area contributed by atoms with Gasteiger partial charge in [-0.15, -0.1) is 0 Å². The van der Waals surface area contributed by atoms with E-state index in [9.17, 15) is 31.1 Å². The van der Waals surface area contributed by atoms with Crippen LogP contribution in [0.15, 0.2) is 11.1 Å². The highest BCUT2D eigenvalue weighted by Crippen LogP contribution is 2.46. The topological polar surface area (TPSA) is 110 Å². The fourth-order valence-corrected chi connectivity index (χ4v) is 1.77. The summed E-state index contributed by atoms with van der Waals surface area (Å²) >= 11 is 0. The van der Waals surface area contributed by atoms with E-state index in [4.69, 9.17) is 10.8 Å². The third-order valence-electron chi connectivity index (χ3n) is 2.98. The van der Waals surface area contributed by atoms with E-state index in [1.807, 2.05) is 4.98 Å². The number of imidazole rings is 1. The van der Waals surface area contributed by atoms with Gasteiger partial charge in [-0.3, -0.25) is 9.78 Å². The van der Waals surface area contributed by atoms with Crippen molar-refractivity contribution in [1.82, 2.24) is 19.5 Å². The molecule has 128 valence electrons. The predicted molar refractivity (Wildman–Crippen MR) is 64.5 cm³/mol. The summed E-state index contributed by atoms with van der Waals surface area (Å²) in [5, 5.41) is 8.21. The molecule has 0 aliphatic carbocycles. The Morgan fingerprint density at radius 1 is 1.22 bits per heavy atom. The second-order valence-electron chi connectivity index (χ2n) is 4.64. The van der Waals surface area contributed by atoms with Crippen LogP contribution >= 0.6 is 0 Å². The van der Waals surface area contributed by atoms with E-state index in [-0.39, 0.29) is 0 Å². The maximum atomic E-state index is 13.6. The molecule has 0 aromatic carbocycles. The lowest BCUT2D eigenvalue weighted by Gasteiger charge is -2.31. The number of nitrogen functional groups attached to an aromatic ring is 1. The van der Waals surface area contributed by atoms with E-state index in [2.05, 4.69) is 9.97 Å². The Morgan fingerprint density at radius 2 is 1.83 bits per heavy atom. The fourth-order valence-electron chi connectivity index (χ4n) is 1.77. The van der Waals surface area contributed by atoms with Gasteiger partial charge in [0, 0.05) is 0 Å². The van der Waals surface area contributed by atoms with Gasteiger partial charge in [0.2, 0.25) is 5.95 Å². The summed E-state index contributed by atoms with van der Waals surface area (Å²) < 4.78 is 80.0. The number of aliphatic hydroxyl groups is 1. The first kappa shape index (κ1) is 17.1. The summed E-state index contributed by atoms with van der Waals surface area (Å²) in [7, 11) is 0. The minimum absolute atomic E-state index is 0.294. The first-order chi connectivity index (χ1) is 10.4. The van der Waals surface area contributed by atoms with Crippen molar-refractivity contribution in [2.24, 2.45) is 0 Å². The average Bonchev–Trinajstić information content (AvgIpc) is 2.81. The number of halogens is 6. The van der Waals surface area contributed by atoms with Crippen LogP contribution < -0.4 is 11.3 Å². The molecule has 7 nitrogen and oxygen atoms in total. The van der Waals surface area contributed by atoms with Crippen molar-refractivity contribution in [2.75, 3.05) is 12.3 Å². The van der Waals surface area contributed by atoms with Crippen LogP contribution in [-0.4, -0.2) is 49.0 Å². The van der Waals surface area contributed by atoms with Gasteiger partial charge >= 0.3 is 17.8 Å². The zero-order valence-corrected chi connectivity index (χ0v) is 11.0. The number of rotatable bonds is 5. The van der Waals surface area contributed by atoms with Gasteiger partial charge in [0.05, 0.1) is 12.9 Å². The highest BCUT2D eigenvalue weighted by molar-refractivity contribution is 5.70. The van der Waals surface area contributed by atoms with Crippen LogP contribution in [0.3, 0.4) is 0 Å². The van der Waals surface area contributed by atoms with E-state index < -0.39 is 53.6 Å². The van der Waals surface area contributed by atoms with Crippen LogP contribution in [0.5, 0.6) is 0 Å². The Morgan fingerprint density at radius 3 is 2.39 bits per heavy atom. The predicted octanol–water partition coefficient (Wildman–Crippen LogP) is 0.600. The number of alkyl halides is 6. The van der Waals surface area contributed by atoms with Crippen molar-refractivity contribution in [1.29, 1.82) is 0 Å². The molecule has 0 aliphatic rings. The molecule has 0 aliphatic heterocycles. The first-order valence-electron chi connectivity index (χ1n) is 5.88. The molecule has 0 unspecified atom stereocenters. The maximum Gasteiger partial charge on any atom is 0.376 e. The van der Waals surface area contributed by atoms with E-state index in [0.717, 1.165) is 0 Å². The van der Waals surface area contributed by atoms with Crippen LogP contribution in [0.2, 0.25) is 0 Å². The van der Waals surface area contributed by atoms with Crippen LogP contribution in [0.4, 0.5) is 32.3 Å². The Labute approximate surface area is 122 Å². The number of nitrogens with one attached hydrogen (secondary N) is 1. The van der Waals surface area contributed by atoms with Crippen molar-refractivity contribution in [3.05, 3.63) is 16.7 Å². The molecule has 2 heterocycles. The van der Waals surface area contributed by atoms with Crippen molar-refractivity contribution in [3.8, 4) is 0 Å². The normalized spacial score (nSPS) is 13.7. The van der Waals surface area contributed by atoms with Crippen molar-refractivity contribution < 1.29 is 31.4 Å². The number of aromatic nitrogens is 4. The summed E-state index contributed by atoms with van der Waals surface area (Å²) in [6.45, 7) is -4.42. The number of aliphatic hydroxyl groups excluding tert-OH is 1. The molecule has 0 spiro atoms. The fraction of sp³-hybridized carbons (Fsp3) is 0.500. The zero-order valence-electron chi connectivity index (χ0n) is 11.0. The molecule has 4 N–H and O–H groups in total. The number of aromatic amines is 1. The van der Waals surface area contributed by atoms with Gasteiger partial charge < -0.3 is 15.4 Å². The second-order valence-corrected chi connectivity index (χ2v) is 4.64. The zero-order chi connectivity index (χ0) is 17.6. The minimum Gasteiger partial charge on any atom is -0.390 e. The maximum absolute atomic E-state index is 13.6. The number of nitrogens with two attached hydrogens (primary N) is 1. The summed E-state index contributed by atoms with van der Waals surface area (Å²) in [6.07, 6.45) is 0.563. The molecule has 0 saturated heterocycles. The van der Waals surface area contributed by atoms with Gasteiger partial charge in [-0.05, 0) is 0 Å². The Bertz CT molecular complexity index is 786. The lowest BCUT2D eigenvalue weighted by molar-refractivity contribution is -0.319. The van der Waals surface area contributed by atoms with Crippen LogP contribution in [0.1, 0.15) is 0 Å². The molecular formula is C10H9F6N5O2. The molecule has 0 amide bonds. The summed E-state index contributed by atoms with van der Waals surface area (Å²) in [5.41, 5.74) is 3.23. The van der Waals surface area contributed by atoms with Crippen molar-refractivity contribution in [2.45, 2.75) is 24.3 Å². The molecule has 2 rings (SSSR count). The van der Waals surface area contributed by atoms with Gasteiger partial charge in [0.1, 0.15) is 6.61 Å². The third-order valence-corrected chi connectivity index (χ3v) is 2.98. The number of hydrogen-bond acceptors (Lipinski definition) is 5. The number of fused-ring (bicyclic) bond motifs is 1. The average molecular weight is 345 g/mol. The van der Waals surface area contributed by atoms with Crippen LogP contribution in [0, 0.1) is 0 Å². The molecule has 0 radical (unpaired) electrons. The van der Waals surface area contributed by atoms with E-state index >= 15 is 0 Å². The SMILES string of the molecule is Nc1nc2c(ncn2CC(F)(F)C(F)(F)C(F)(F)CO)c(=O)[nH]1. The lowest BCUT2D eigenvalue weighted by atomic mass is 10.1. The largest absolute Gasteiger partial charge is 0.390 e. The van der Waals surface area contributed by atoms with Gasteiger partial charge in [-0.2, -0.15) is 31.3 Å². The number of H-pyrrole nitrogens is 1. The summed E-state index contributed by atoms with van der Waals surface area (Å²) in [5.74, 6) is -17.0. The molecule has 0 saturated carbocycles. The first-order valence-corrected chi connectivity index (χ1v) is 5.88. The molecule has 0 fully saturated rings. The molecule has 23 heavy (non-hydrogen) atoms. The van der Waals surface area contributed by atoms with Gasteiger partial charge in [-0.1, -0.05) is 0 Å². The smallest absolute Gasteiger partial charge is 0.376 e. The molecule has 0 bridgehead atoms. The Balaban J connectivity index is 2.48. The van der Waals surface area contributed by atoms with E-state index in [0.29, 0.717) is 10.9 Å². The molecule has 2 aromatic heterocycles. The van der Waals surface area contributed by atoms with Crippen molar-refractivity contribution in [3.63, 3.8) is 0 Å². The lowest BCUT2D eigenvalue weighted by Crippen LogP contribution is -2.57. The quantitative estimate of drug-likeness (QED) is 0.688. The standard InChI is InChI=1S/C10H9F6N5O2/c11-8(12,10(15,16)9(13,14)2-22)1-21-3-18-4-5(21)19-7(17)20-6(4)23/h3,22H,1-2H2,(H3,17,19,20,23). The minimum atomic E-state index is -5.85. The third kappa shape index (κ3) is 2.60. The second kappa shape index (κ2) is 5.11. The van der Waals surface area contributed by atoms with Crippen LogP contribution in [0.25, 0.3) is 11.2 Å². The number of anilines is 1. The highest BCUT2D eigenvalue weighted by Gasteiger charge is 2.71. The number of hydrogen-bond donors (Lipinski definition) is 3. The Kier molecular flexibility index (Phi) is 3.79. The molecule has 2 aromatic rings. The number of nitrogens with zero attached hydrogens (tertiary/aromatic N) is 3. The van der Waals surface area contributed by atoms with Crippen molar-refractivity contribution >= 4 is 17.1 Å². The van der Waals surface area contributed by atoms with Crippen LogP contribution in [-0.2, 0) is 6.54 Å². The van der Waals surface area contributed by atoms with Gasteiger partial charge in [0.15, 0.2) is 11.2 Å². The molecule has 13 heteroatoms.